The number of aryl methyl sites for hydroxylation is 1. The van der Waals surface area contributed by atoms with Gasteiger partial charge >= 0.3 is 0 Å². The van der Waals surface area contributed by atoms with Crippen LogP contribution in [-0.2, 0) is 11.3 Å². The monoisotopic (exact) mass is 387 g/mol. The fourth-order valence-electron chi connectivity index (χ4n) is 3.96. The van der Waals surface area contributed by atoms with Gasteiger partial charge in [0, 0.05) is 25.8 Å². The Labute approximate surface area is 162 Å². The zero-order chi connectivity index (χ0) is 19.0. The second-order valence-corrected chi connectivity index (χ2v) is 7.27. The summed E-state index contributed by atoms with van der Waals surface area (Å²) in [5.74, 6) is 1.41. The van der Waals surface area contributed by atoms with Gasteiger partial charge in [0.1, 0.15) is 5.02 Å². The third kappa shape index (κ3) is 3.37. The molecule has 0 unspecified atom stereocenters. The van der Waals surface area contributed by atoms with Crippen LogP contribution in [0.2, 0.25) is 5.02 Å². The molecular formula is C18H22ClN7O. The number of nitrogens with one attached hydrogen (secondary N) is 3. The number of fused-ring (bicyclic) bond motifs is 2. The molecule has 2 heterocycles. The van der Waals surface area contributed by atoms with Crippen LogP contribution in [0.4, 0.5) is 17.5 Å². The molecule has 4 rings (SSSR count). The Morgan fingerprint density at radius 2 is 2.15 bits per heavy atom. The number of halogens is 1. The van der Waals surface area contributed by atoms with Crippen molar-refractivity contribution in [3.05, 3.63) is 35.8 Å². The highest BCUT2D eigenvalue weighted by atomic mass is 35.5. The Hall–Kier alpha value is -2.61. The van der Waals surface area contributed by atoms with E-state index in [4.69, 9.17) is 11.6 Å². The molecule has 1 amide bonds. The van der Waals surface area contributed by atoms with E-state index in [0.29, 0.717) is 22.7 Å². The van der Waals surface area contributed by atoms with Gasteiger partial charge in [-0.05, 0) is 25.2 Å². The minimum atomic E-state index is -0.129. The molecule has 0 aromatic carbocycles. The molecule has 1 saturated carbocycles. The van der Waals surface area contributed by atoms with E-state index >= 15 is 0 Å². The minimum absolute atomic E-state index is 0.0389. The molecule has 2 aromatic heterocycles. The van der Waals surface area contributed by atoms with Crippen LogP contribution in [0.15, 0.2) is 30.7 Å². The van der Waals surface area contributed by atoms with E-state index in [9.17, 15) is 4.79 Å². The van der Waals surface area contributed by atoms with Gasteiger partial charge in [0.05, 0.1) is 24.0 Å². The number of anilines is 3. The zero-order valence-electron chi connectivity index (χ0n) is 15.2. The Morgan fingerprint density at radius 1 is 1.33 bits per heavy atom. The lowest BCUT2D eigenvalue weighted by molar-refractivity contribution is -0.125. The second kappa shape index (κ2) is 7.19. The third-order valence-corrected chi connectivity index (χ3v) is 5.55. The van der Waals surface area contributed by atoms with Crippen molar-refractivity contribution in [2.24, 2.45) is 17.8 Å². The van der Waals surface area contributed by atoms with E-state index in [1.807, 2.05) is 17.8 Å². The lowest BCUT2D eigenvalue weighted by Crippen LogP contribution is -2.42. The van der Waals surface area contributed by atoms with Gasteiger partial charge in [0.25, 0.3) is 0 Å². The maximum absolute atomic E-state index is 12.4. The molecule has 142 valence electrons. The number of allylic oxidation sites excluding steroid dienone is 1. The minimum Gasteiger partial charge on any atom is -0.365 e. The molecule has 2 aromatic rings. The summed E-state index contributed by atoms with van der Waals surface area (Å²) in [5.41, 5.74) is 0.802. The van der Waals surface area contributed by atoms with Crippen LogP contribution >= 0.6 is 11.6 Å². The molecular weight excluding hydrogens is 366 g/mol. The smallest absolute Gasteiger partial charge is 0.229 e. The van der Waals surface area contributed by atoms with Crippen molar-refractivity contribution in [1.29, 1.82) is 0 Å². The van der Waals surface area contributed by atoms with E-state index in [1.54, 1.807) is 19.4 Å². The van der Waals surface area contributed by atoms with E-state index < -0.39 is 0 Å². The van der Waals surface area contributed by atoms with Gasteiger partial charge in [-0.15, -0.1) is 0 Å². The van der Waals surface area contributed by atoms with Crippen LogP contribution in [0.1, 0.15) is 13.3 Å². The number of hydrogen-bond acceptors (Lipinski definition) is 6. The topological polar surface area (TPSA) is 96.8 Å². The number of carbonyl (C=O) groups is 1. The van der Waals surface area contributed by atoms with Crippen LogP contribution in [0.5, 0.6) is 0 Å². The Kier molecular flexibility index (Phi) is 4.73. The molecule has 0 aliphatic heterocycles. The summed E-state index contributed by atoms with van der Waals surface area (Å²) in [6, 6.07) is -0.0389. The molecule has 2 aliphatic rings. The second-order valence-electron chi connectivity index (χ2n) is 6.86. The van der Waals surface area contributed by atoms with Gasteiger partial charge in [-0.3, -0.25) is 9.48 Å². The molecule has 1 fully saturated rings. The largest absolute Gasteiger partial charge is 0.365 e. The van der Waals surface area contributed by atoms with E-state index in [-0.39, 0.29) is 23.8 Å². The van der Waals surface area contributed by atoms with Crippen LogP contribution in [0.3, 0.4) is 0 Å². The number of nitrogens with zero attached hydrogens (tertiary/aromatic N) is 4. The van der Waals surface area contributed by atoms with Gasteiger partial charge in [0.2, 0.25) is 11.9 Å². The summed E-state index contributed by atoms with van der Waals surface area (Å²) in [7, 11) is 1.67. The summed E-state index contributed by atoms with van der Waals surface area (Å²) < 4.78 is 1.81. The van der Waals surface area contributed by atoms with Crippen molar-refractivity contribution < 1.29 is 4.79 Å². The van der Waals surface area contributed by atoms with Crippen LogP contribution in [-0.4, -0.2) is 38.7 Å². The van der Waals surface area contributed by atoms with Crippen molar-refractivity contribution in [2.45, 2.75) is 25.9 Å². The lowest BCUT2D eigenvalue weighted by Gasteiger charge is -2.28. The Balaban J connectivity index is 1.54. The van der Waals surface area contributed by atoms with Crippen LogP contribution < -0.4 is 16.0 Å². The van der Waals surface area contributed by atoms with Crippen molar-refractivity contribution in [2.75, 3.05) is 17.7 Å². The molecule has 2 aliphatic carbocycles. The predicted molar refractivity (Wildman–Crippen MR) is 104 cm³/mol. The molecule has 0 spiro atoms. The van der Waals surface area contributed by atoms with E-state index in [1.165, 1.54) is 0 Å². The van der Waals surface area contributed by atoms with Gasteiger partial charge in [-0.2, -0.15) is 10.1 Å². The molecule has 9 heteroatoms. The summed E-state index contributed by atoms with van der Waals surface area (Å²) in [6.07, 6.45) is 10.4. The van der Waals surface area contributed by atoms with Crippen LogP contribution in [0.25, 0.3) is 0 Å². The molecule has 4 atom stereocenters. The molecule has 3 N–H and O–H groups in total. The Bertz CT molecular complexity index is 880. The maximum Gasteiger partial charge on any atom is 0.229 e. The molecule has 0 radical (unpaired) electrons. The molecule has 8 nitrogen and oxygen atoms in total. The Morgan fingerprint density at radius 3 is 2.89 bits per heavy atom. The van der Waals surface area contributed by atoms with E-state index in [0.717, 1.165) is 18.7 Å². The fraction of sp³-hybridized carbons (Fsp3) is 0.444. The lowest BCUT2D eigenvalue weighted by atomic mass is 9.88. The first-order chi connectivity index (χ1) is 13.1. The summed E-state index contributed by atoms with van der Waals surface area (Å²) in [6.45, 7) is 2.80. The SMILES string of the molecule is CCn1cc(Nc2ncc(Cl)c(N[C@H]3[C@@H](C(=O)NC)[C@@H]4C=C[C@H]3C4)n2)cn1. The first-order valence-electron chi connectivity index (χ1n) is 9.07. The van der Waals surface area contributed by atoms with Crippen molar-refractivity contribution in [3.63, 3.8) is 0 Å². The summed E-state index contributed by atoms with van der Waals surface area (Å²) in [4.78, 5) is 21.1. The highest BCUT2D eigenvalue weighted by Crippen LogP contribution is 2.45. The number of aromatic nitrogens is 4. The van der Waals surface area contributed by atoms with Crippen molar-refractivity contribution in [3.8, 4) is 0 Å². The third-order valence-electron chi connectivity index (χ3n) is 5.27. The van der Waals surface area contributed by atoms with Gasteiger partial charge in [0.15, 0.2) is 5.82 Å². The predicted octanol–water partition coefficient (Wildman–Crippen LogP) is 2.44. The van der Waals surface area contributed by atoms with Gasteiger partial charge in [-0.1, -0.05) is 23.8 Å². The average Bonchev–Trinajstić information content (AvgIpc) is 3.40. The number of hydrogen-bond donors (Lipinski definition) is 3. The molecule has 27 heavy (non-hydrogen) atoms. The number of carbonyl (C=O) groups excluding carboxylic acids is 1. The summed E-state index contributed by atoms with van der Waals surface area (Å²) in [5, 5.41) is 13.9. The number of rotatable bonds is 6. The van der Waals surface area contributed by atoms with Gasteiger partial charge in [-0.25, -0.2) is 4.98 Å². The van der Waals surface area contributed by atoms with Crippen LogP contribution in [0, 0.1) is 17.8 Å². The standard InChI is InChI=1S/C18H22ClN7O/c1-3-26-9-12(7-22-26)23-18-21-8-13(19)16(25-18)24-15-11-5-4-10(6-11)14(15)17(27)20-2/h4-5,7-11,14-15H,3,6H2,1-2H3,(H,20,27)(H2,21,23,24,25)/t10-,11+,14+,15-/m1/s1. The van der Waals surface area contributed by atoms with Crippen molar-refractivity contribution >= 4 is 35.0 Å². The quantitative estimate of drug-likeness (QED) is 0.659. The molecule has 0 saturated heterocycles. The van der Waals surface area contributed by atoms with E-state index in [2.05, 4.69) is 43.2 Å². The highest BCUT2D eigenvalue weighted by Gasteiger charge is 2.48. The number of amides is 1. The normalized spacial score (nSPS) is 25.6. The first-order valence-corrected chi connectivity index (χ1v) is 9.45. The average molecular weight is 388 g/mol. The fourth-order valence-corrected chi connectivity index (χ4v) is 4.11. The maximum atomic E-state index is 12.4. The highest BCUT2D eigenvalue weighted by molar-refractivity contribution is 6.32. The zero-order valence-corrected chi connectivity index (χ0v) is 15.9. The van der Waals surface area contributed by atoms with Crippen molar-refractivity contribution in [1.82, 2.24) is 25.1 Å². The first kappa shape index (κ1) is 17.8. The summed E-state index contributed by atoms with van der Waals surface area (Å²) >= 11 is 6.32. The molecule has 2 bridgehead atoms. The van der Waals surface area contributed by atoms with Gasteiger partial charge < -0.3 is 16.0 Å².